The van der Waals surface area contributed by atoms with Gasteiger partial charge in [-0.25, -0.2) is 4.98 Å². The summed E-state index contributed by atoms with van der Waals surface area (Å²) in [6.07, 6.45) is 1.61. The molecule has 1 amide bonds. The van der Waals surface area contributed by atoms with Crippen molar-refractivity contribution < 1.29 is 9.53 Å². The number of aromatic nitrogens is 1. The molecule has 0 aliphatic rings. The van der Waals surface area contributed by atoms with E-state index in [9.17, 15) is 4.79 Å². The number of aryl methyl sites for hydroxylation is 1. The molecule has 1 aromatic carbocycles. The van der Waals surface area contributed by atoms with Gasteiger partial charge in [0.2, 0.25) is 0 Å². The molecule has 0 aliphatic carbocycles. The number of rotatable bonds is 4. The zero-order valence-electron chi connectivity index (χ0n) is 11.0. The molecule has 21 heavy (non-hydrogen) atoms. The van der Waals surface area contributed by atoms with Crippen LogP contribution in [0, 0.1) is 6.92 Å². The number of nitrogens with one attached hydrogen (secondary N) is 1. The standard InChI is InChI=1S/C14H11BrCl2N2O2/c1-8-4-9(15)6-18-14(8)19-13(20)7-21-12-3-2-10(16)5-11(12)17/h2-6H,7H2,1H3,(H,18,19,20). The summed E-state index contributed by atoms with van der Waals surface area (Å²) >= 11 is 15.1. The molecule has 0 radical (unpaired) electrons. The fourth-order valence-electron chi connectivity index (χ4n) is 1.58. The minimum atomic E-state index is -0.320. The lowest BCUT2D eigenvalue weighted by Gasteiger charge is -2.10. The van der Waals surface area contributed by atoms with Crippen LogP contribution >= 0.6 is 39.1 Å². The third-order valence-corrected chi connectivity index (χ3v) is 3.52. The second-order valence-electron chi connectivity index (χ2n) is 4.23. The van der Waals surface area contributed by atoms with Crippen LogP contribution in [0.15, 0.2) is 34.9 Å². The largest absolute Gasteiger partial charge is 0.482 e. The molecule has 0 bridgehead atoms. The van der Waals surface area contributed by atoms with E-state index in [1.54, 1.807) is 24.4 Å². The zero-order valence-corrected chi connectivity index (χ0v) is 14.1. The maximum atomic E-state index is 11.8. The van der Waals surface area contributed by atoms with Gasteiger partial charge in [-0.1, -0.05) is 23.2 Å². The van der Waals surface area contributed by atoms with E-state index in [-0.39, 0.29) is 12.5 Å². The van der Waals surface area contributed by atoms with E-state index in [4.69, 9.17) is 27.9 Å². The van der Waals surface area contributed by atoms with Crippen molar-refractivity contribution in [2.24, 2.45) is 0 Å². The van der Waals surface area contributed by atoms with Gasteiger partial charge < -0.3 is 10.1 Å². The first kappa shape index (κ1) is 16.1. The minimum Gasteiger partial charge on any atom is -0.482 e. The van der Waals surface area contributed by atoms with Crippen LogP contribution in [0.1, 0.15) is 5.56 Å². The van der Waals surface area contributed by atoms with Gasteiger partial charge in [-0.3, -0.25) is 4.79 Å². The van der Waals surface area contributed by atoms with Crippen molar-refractivity contribution in [2.45, 2.75) is 6.92 Å². The van der Waals surface area contributed by atoms with Crippen molar-refractivity contribution in [1.29, 1.82) is 0 Å². The summed E-state index contributed by atoms with van der Waals surface area (Å²) in [5.41, 5.74) is 0.849. The number of halogens is 3. The molecule has 0 atom stereocenters. The Balaban J connectivity index is 1.96. The molecule has 0 saturated heterocycles. The predicted molar refractivity (Wildman–Crippen MR) is 87.3 cm³/mol. The van der Waals surface area contributed by atoms with Gasteiger partial charge in [0.25, 0.3) is 5.91 Å². The maximum absolute atomic E-state index is 11.8. The maximum Gasteiger partial charge on any atom is 0.263 e. The van der Waals surface area contributed by atoms with E-state index in [2.05, 4.69) is 26.2 Å². The molecule has 0 aliphatic heterocycles. The SMILES string of the molecule is Cc1cc(Br)cnc1NC(=O)COc1ccc(Cl)cc1Cl. The van der Waals surface area contributed by atoms with Crippen molar-refractivity contribution in [2.75, 3.05) is 11.9 Å². The second-order valence-corrected chi connectivity index (χ2v) is 5.99. The molecule has 2 rings (SSSR count). The zero-order chi connectivity index (χ0) is 15.4. The lowest BCUT2D eigenvalue weighted by atomic mass is 10.3. The quantitative estimate of drug-likeness (QED) is 0.838. The molecule has 4 nitrogen and oxygen atoms in total. The summed E-state index contributed by atoms with van der Waals surface area (Å²) in [6.45, 7) is 1.68. The van der Waals surface area contributed by atoms with Crippen LogP contribution in [0.25, 0.3) is 0 Å². The number of hydrogen-bond acceptors (Lipinski definition) is 3. The molecule has 1 aromatic heterocycles. The Labute approximate surface area is 140 Å². The minimum absolute atomic E-state index is 0.168. The molecule has 0 unspecified atom stereocenters. The highest BCUT2D eigenvalue weighted by molar-refractivity contribution is 9.10. The number of carbonyl (C=O) groups excluding carboxylic acids is 1. The Morgan fingerprint density at radius 3 is 2.81 bits per heavy atom. The Morgan fingerprint density at radius 2 is 2.14 bits per heavy atom. The summed E-state index contributed by atoms with van der Waals surface area (Å²) < 4.78 is 6.20. The van der Waals surface area contributed by atoms with Crippen LogP contribution < -0.4 is 10.1 Å². The first-order valence-corrected chi connectivity index (χ1v) is 7.50. The topological polar surface area (TPSA) is 51.2 Å². The van der Waals surface area contributed by atoms with Gasteiger partial charge in [0.1, 0.15) is 11.6 Å². The molecule has 1 N–H and O–H groups in total. The summed E-state index contributed by atoms with van der Waals surface area (Å²) in [5.74, 6) is 0.574. The van der Waals surface area contributed by atoms with Crippen LogP contribution in [-0.4, -0.2) is 17.5 Å². The number of nitrogens with zero attached hydrogens (tertiary/aromatic N) is 1. The lowest BCUT2D eigenvalue weighted by molar-refractivity contribution is -0.118. The number of ether oxygens (including phenoxy) is 1. The lowest BCUT2D eigenvalue weighted by Crippen LogP contribution is -2.21. The monoisotopic (exact) mass is 388 g/mol. The molecule has 0 saturated carbocycles. The average Bonchev–Trinajstić information content (AvgIpc) is 2.41. The van der Waals surface area contributed by atoms with Gasteiger partial charge in [-0.05, 0) is 52.7 Å². The molecule has 0 spiro atoms. The van der Waals surface area contributed by atoms with Crippen molar-refractivity contribution in [3.63, 3.8) is 0 Å². The highest BCUT2D eigenvalue weighted by Gasteiger charge is 2.09. The first-order chi connectivity index (χ1) is 9.95. The van der Waals surface area contributed by atoms with E-state index in [0.29, 0.717) is 21.6 Å². The molecule has 7 heteroatoms. The van der Waals surface area contributed by atoms with Crippen LogP contribution in [0.4, 0.5) is 5.82 Å². The Bertz CT molecular complexity index is 680. The first-order valence-electron chi connectivity index (χ1n) is 5.95. The number of amides is 1. The molecular weight excluding hydrogens is 379 g/mol. The molecule has 1 heterocycles. The molecule has 2 aromatic rings. The van der Waals surface area contributed by atoms with Crippen LogP contribution in [0.5, 0.6) is 5.75 Å². The smallest absolute Gasteiger partial charge is 0.263 e. The highest BCUT2D eigenvalue weighted by atomic mass is 79.9. The van der Waals surface area contributed by atoms with Gasteiger partial charge >= 0.3 is 0 Å². The summed E-state index contributed by atoms with van der Waals surface area (Å²) in [5, 5.41) is 3.53. The van der Waals surface area contributed by atoms with Gasteiger partial charge in [0, 0.05) is 15.7 Å². The summed E-state index contributed by atoms with van der Waals surface area (Å²) in [7, 11) is 0. The van der Waals surface area contributed by atoms with Crippen molar-refractivity contribution in [1.82, 2.24) is 4.98 Å². The summed E-state index contributed by atoms with van der Waals surface area (Å²) in [4.78, 5) is 16.0. The molecule has 110 valence electrons. The van der Waals surface area contributed by atoms with Crippen molar-refractivity contribution in [3.05, 3.63) is 50.5 Å². The fraction of sp³-hybridized carbons (Fsp3) is 0.143. The Hall–Kier alpha value is -1.30. The van der Waals surface area contributed by atoms with Gasteiger partial charge in [0.05, 0.1) is 5.02 Å². The highest BCUT2D eigenvalue weighted by Crippen LogP contribution is 2.27. The van der Waals surface area contributed by atoms with Crippen LogP contribution in [-0.2, 0) is 4.79 Å². The van der Waals surface area contributed by atoms with E-state index < -0.39 is 0 Å². The van der Waals surface area contributed by atoms with Gasteiger partial charge in [-0.2, -0.15) is 0 Å². The number of benzene rings is 1. The third kappa shape index (κ3) is 4.59. The number of carbonyl (C=O) groups is 1. The van der Waals surface area contributed by atoms with E-state index in [1.165, 1.54) is 0 Å². The average molecular weight is 390 g/mol. The van der Waals surface area contributed by atoms with E-state index in [1.807, 2.05) is 13.0 Å². The normalized spacial score (nSPS) is 10.3. The van der Waals surface area contributed by atoms with Crippen LogP contribution in [0.2, 0.25) is 10.0 Å². The second kappa shape index (κ2) is 7.11. The third-order valence-electron chi connectivity index (χ3n) is 2.56. The number of anilines is 1. The van der Waals surface area contributed by atoms with Gasteiger partial charge in [0.15, 0.2) is 6.61 Å². The Kier molecular flexibility index (Phi) is 5.45. The molecule has 0 fully saturated rings. The number of hydrogen-bond donors (Lipinski definition) is 1. The van der Waals surface area contributed by atoms with Gasteiger partial charge in [-0.15, -0.1) is 0 Å². The van der Waals surface area contributed by atoms with E-state index >= 15 is 0 Å². The predicted octanol–water partition coefficient (Wildman–Crippen LogP) is 4.48. The number of pyridine rings is 1. The van der Waals surface area contributed by atoms with Crippen LogP contribution in [0.3, 0.4) is 0 Å². The van der Waals surface area contributed by atoms with Crippen molar-refractivity contribution in [3.8, 4) is 5.75 Å². The van der Waals surface area contributed by atoms with Crippen molar-refractivity contribution >= 4 is 50.9 Å². The molecular formula is C14H11BrCl2N2O2. The fourth-order valence-corrected chi connectivity index (χ4v) is 2.48. The van der Waals surface area contributed by atoms with E-state index in [0.717, 1.165) is 10.0 Å². The Morgan fingerprint density at radius 1 is 1.38 bits per heavy atom. The summed E-state index contributed by atoms with van der Waals surface area (Å²) in [6, 6.07) is 6.67.